The van der Waals surface area contributed by atoms with Crippen LogP contribution in [0.4, 0.5) is 0 Å². The summed E-state index contributed by atoms with van der Waals surface area (Å²) in [6.07, 6.45) is 12.7. The van der Waals surface area contributed by atoms with Crippen LogP contribution in [0.5, 0.6) is 0 Å². The molecule has 1 fully saturated rings. The number of hydrogen-bond acceptors (Lipinski definition) is 1. The zero-order valence-corrected chi connectivity index (χ0v) is 11.0. The van der Waals surface area contributed by atoms with Crippen molar-refractivity contribution >= 4 is 12.2 Å². The maximum atomic E-state index is 5.41. The Morgan fingerprint density at radius 1 is 1.25 bits per heavy atom. The van der Waals surface area contributed by atoms with Gasteiger partial charge in [-0.25, -0.2) is 0 Å². The van der Waals surface area contributed by atoms with E-state index in [1.165, 1.54) is 50.6 Å². The maximum Gasteiger partial charge on any atom is 0.177 e. The predicted molar refractivity (Wildman–Crippen MR) is 70.4 cm³/mol. The van der Waals surface area contributed by atoms with E-state index in [1.807, 2.05) is 0 Å². The molecule has 0 amide bonds. The van der Waals surface area contributed by atoms with Crippen LogP contribution in [0, 0.1) is 4.77 Å². The molecule has 90 valence electrons. The van der Waals surface area contributed by atoms with E-state index in [1.54, 1.807) is 0 Å². The lowest BCUT2D eigenvalue weighted by Crippen LogP contribution is -2.13. The predicted octanol–water partition coefficient (Wildman–Crippen LogP) is 4.39. The van der Waals surface area contributed by atoms with E-state index >= 15 is 0 Å². The fraction of sp³-hybridized carbons (Fsp3) is 0.769. The van der Waals surface area contributed by atoms with Crippen molar-refractivity contribution in [3.63, 3.8) is 0 Å². The van der Waals surface area contributed by atoms with Gasteiger partial charge in [0.2, 0.25) is 0 Å². The lowest BCUT2D eigenvalue weighted by Gasteiger charge is -2.23. The number of aromatic nitrogens is 2. The molecular formula is C13H22N2S. The molecule has 3 heteroatoms. The summed E-state index contributed by atoms with van der Waals surface area (Å²) < 4.78 is 3.29. The Morgan fingerprint density at radius 3 is 2.50 bits per heavy atom. The normalized spacial score (nSPS) is 19.3. The molecule has 16 heavy (non-hydrogen) atoms. The third-order valence-electron chi connectivity index (χ3n) is 3.69. The monoisotopic (exact) mass is 238 g/mol. The van der Waals surface area contributed by atoms with Crippen molar-refractivity contribution in [2.75, 3.05) is 0 Å². The summed E-state index contributed by atoms with van der Waals surface area (Å²) in [6, 6.07) is 0.647. The van der Waals surface area contributed by atoms with E-state index in [0.717, 1.165) is 11.2 Å². The second-order valence-electron chi connectivity index (χ2n) is 4.81. The van der Waals surface area contributed by atoms with E-state index in [4.69, 9.17) is 12.2 Å². The van der Waals surface area contributed by atoms with Crippen LogP contribution in [0.25, 0.3) is 0 Å². The molecule has 1 saturated carbocycles. The van der Waals surface area contributed by atoms with Crippen molar-refractivity contribution in [2.45, 2.75) is 64.3 Å². The van der Waals surface area contributed by atoms with Crippen LogP contribution in [-0.2, 0) is 6.42 Å². The summed E-state index contributed by atoms with van der Waals surface area (Å²) in [5.74, 6) is 0. The molecule has 1 N–H and O–H groups in total. The number of aromatic amines is 1. The number of H-pyrrole nitrogens is 1. The Balaban J connectivity index is 2.19. The Kier molecular flexibility index (Phi) is 4.22. The van der Waals surface area contributed by atoms with Gasteiger partial charge in [-0.2, -0.15) is 0 Å². The lowest BCUT2D eigenvalue weighted by atomic mass is 9.96. The van der Waals surface area contributed by atoms with Gasteiger partial charge in [0.15, 0.2) is 4.77 Å². The van der Waals surface area contributed by atoms with Gasteiger partial charge < -0.3 is 9.55 Å². The molecule has 1 heterocycles. The van der Waals surface area contributed by atoms with Gasteiger partial charge in [-0.15, -0.1) is 0 Å². The molecule has 0 aliphatic heterocycles. The fourth-order valence-electron chi connectivity index (χ4n) is 2.78. The Labute approximate surface area is 103 Å². The molecule has 0 aromatic carbocycles. The molecule has 1 aromatic heterocycles. The lowest BCUT2D eigenvalue weighted by molar-refractivity contribution is 0.363. The van der Waals surface area contributed by atoms with Crippen LogP contribution in [0.1, 0.15) is 63.6 Å². The molecule has 0 saturated heterocycles. The Morgan fingerprint density at radius 2 is 1.88 bits per heavy atom. The number of hydrogen-bond donors (Lipinski definition) is 1. The molecule has 0 spiro atoms. The first-order valence-corrected chi connectivity index (χ1v) is 7.02. The van der Waals surface area contributed by atoms with Crippen LogP contribution in [-0.4, -0.2) is 9.55 Å². The average molecular weight is 238 g/mol. The number of aryl methyl sites for hydroxylation is 1. The van der Waals surface area contributed by atoms with Crippen LogP contribution < -0.4 is 0 Å². The van der Waals surface area contributed by atoms with Crippen molar-refractivity contribution in [3.8, 4) is 0 Å². The molecule has 1 aromatic rings. The maximum absolute atomic E-state index is 5.41. The minimum absolute atomic E-state index is 0.647. The highest BCUT2D eigenvalue weighted by molar-refractivity contribution is 7.71. The van der Waals surface area contributed by atoms with Crippen molar-refractivity contribution in [1.29, 1.82) is 0 Å². The smallest absolute Gasteiger partial charge is 0.177 e. The van der Waals surface area contributed by atoms with E-state index in [-0.39, 0.29) is 0 Å². The molecular weight excluding hydrogens is 216 g/mol. The first-order valence-electron chi connectivity index (χ1n) is 6.61. The number of imidazole rings is 1. The minimum atomic E-state index is 0.647. The van der Waals surface area contributed by atoms with Crippen molar-refractivity contribution in [2.24, 2.45) is 0 Å². The van der Waals surface area contributed by atoms with Crippen molar-refractivity contribution in [3.05, 3.63) is 16.7 Å². The van der Waals surface area contributed by atoms with Crippen molar-refractivity contribution in [1.82, 2.24) is 9.55 Å². The molecule has 1 aliphatic carbocycles. The third-order valence-corrected chi connectivity index (χ3v) is 4.01. The van der Waals surface area contributed by atoms with E-state index in [9.17, 15) is 0 Å². The van der Waals surface area contributed by atoms with Crippen LogP contribution in [0.3, 0.4) is 0 Å². The Hall–Kier alpha value is -0.570. The zero-order chi connectivity index (χ0) is 11.4. The number of nitrogens with one attached hydrogen (secondary N) is 1. The van der Waals surface area contributed by atoms with Gasteiger partial charge >= 0.3 is 0 Å². The highest BCUT2D eigenvalue weighted by atomic mass is 32.1. The molecule has 1 aliphatic rings. The van der Waals surface area contributed by atoms with Gasteiger partial charge in [0.05, 0.1) is 0 Å². The quantitative estimate of drug-likeness (QED) is 0.758. The molecule has 0 radical (unpaired) electrons. The number of nitrogens with zero attached hydrogens (tertiary/aromatic N) is 1. The summed E-state index contributed by atoms with van der Waals surface area (Å²) in [5.41, 5.74) is 1.37. The van der Waals surface area contributed by atoms with E-state index in [2.05, 4.69) is 22.7 Å². The minimum Gasteiger partial charge on any atom is -0.337 e. The largest absolute Gasteiger partial charge is 0.337 e. The van der Waals surface area contributed by atoms with Gasteiger partial charge in [-0.3, -0.25) is 0 Å². The summed E-state index contributed by atoms with van der Waals surface area (Å²) in [4.78, 5) is 3.20. The van der Waals surface area contributed by atoms with Crippen LogP contribution in [0.15, 0.2) is 6.20 Å². The SMILES string of the molecule is CCc1c[nH]c(=S)n1C1CCCCCCC1. The zero-order valence-electron chi connectivity index (χ0n) is 10.2. The molecule has 2 nitrogen and oxygen atoms in total. The third kappa shape index (κ3) is 2.57. The average Bonchev–Trinajstić information content (AvgIpc) is 2.60. The summed E-state index contributed by atoms with van der Waals surface area (Å²) in [5, 5.41) is 0. The molecule has 0 bridgehead atoms. The first kappa shape index (κ1) is 11.9. The highest BCUT2D eigenvalue weighted by Gasteiger charge is 2.16. The van der Waals surface area contributed by atoms with Gasteiger partial charge in [0, 0.05) is 17.9 Å². The van der Waals surface area contributed by atoms with Gasteiger partial charge in [0.25, 0.3) is 0 Å². The molecule has 0 unspecified atom stereocenters. The van der Waals surface area contributed by atoms with Gasteiger partial charge in [-0.05, 0) is 31.5 Å². The van der Waals surface area contributed by atoms with Crippen molar-refractivity contribution < 1.29 is 0 Å². The second-order valence-corrected chi connectivity index (χ2v) is 5.19. The fourth-order valence-corrected chi connectivity index (χ4v) is 3.11. The summed E-state index contributed by atoms with van der Waals surface area (Å²) >= 11 is 5.41. The van der Waals surface area contributed by atoms with Gasteiger partial charge in [0.1, 0.15) is 0 Å². The molecule has 0 atom stereocenters. The summed E-state index contributed by atoms with van der Waals surface area (Å²) in [6.45, 7) is 2.21. The molecule has 2 rings (SSSR count). The number of rotatable bonds is 2. The topological polar surface area (TPSA) is 20.7 Å². The standard InChI is InChI=1S/C13H22N2S/c1-2-11-10-14-13(16)15(11)12-8-6-4-3-5-7-9-12/h10,12H,2-9H2,1H3,(H,14,16). The Bertz CT molecular complexity index is 370. The van der Waals surface area contributed by atoms with E-state index in [0.29, 0.717) is 6.04 Å². The van der Waals surface area contributed by atoms with Gasteiger partial charge in [-0.1, -0.05) is 39.0 Å². The second kappa shape index (κ2) is 5.67. The summed E-state index contributed by atoms with van der Waals surface area (Å²) in [7, 11) is 0. The van der Waals surface area contributed by atoms with Crippen LogP contribution >= 0.6 is 12.2 Å². The highest BCUT2D eigenvalue weighted by Crippen LogP contribution is 2.28. The van der Waals surface area contributed by atoms with Crippen LogP contribution in [0.2, 0.25) is 0 Å². The first-order chi connectivity index (χ1) is 7.83. The van der Waals surface area contributed by atoms with E-state index < -0.39 is 0 Å².